The fraction of sp³-hybridized carbons (Fsp3) is 0.958. The van der Waals surface area contributed by atoms with Crippen molar-refractivity contribution in [2.45, 2.75) is 291 Å². The van der Waals surface area contributed by atoms with Gasteiger partial charge >= 0.3 is 121 Å². The van der Waals surface area contributed by atoms with Crippen LogP contribution >= 0.6 is 25.3 Å². The van der Waals surface area contributed by atoms with Crippen LogP contribution in [0.3, 0.4) is 0 Å². The fourth-order valence-electron chi connectivity index (χ4n) is 6.78. The van der Waals surface area contributed by atoms with Gasteiger partial charge in [0.1, 0.15) is 0 Å². The van der Waals surface area contributed by atoms with E-state index >= 15 is 0 Å². The number of carboxylic acid groups (broad SMARTS) is 2. The Balaban J connectivity index is -0.000000739. The Morgan fingerprint density at radius 1 is 0.345 bits per heavy atom. The van der Waals surface area contributed by atoms with Crippen molar-refractivity contribution in [1.82, 2.24) is 0 Å². The van der Waals surface area contributed by atoms with E-state index in [0.29, 0.717) is 12.8 Å². The summed E-state index contributed by atoms with van der Waals surface area (Å²) in [5.41, 5.74) is 0. The van der Waals surface area contributed by atoms with Gasteiger partial charge in [0.2, 0.25) is 0 Å². The van der Waals surface area contributed by atoms with Crippen molar-refractivity contribution in [1.29, 1.82) is 0 Å². The van der Waals surface area contributed by atoms with Crippen LogP contribution in [0.25, 0.3) is 0 Å². The number of carboxylic acids is 2. The SMILES string of the molecule is CCCCCCCCCCCCCCC(S)C(=O)[O-].CCCCCCCCCCCCCCC(S)C(=O)[O-].CCCCCCC[CH2][Sn+2][CH2]CCCCCCC. The van der Waals surface area contributed by atoms with Crippen molar-refractivity contribution in [3.63, 3.8) is 0 Å². The molecule has 0 spiro atoms. The molecule has 328 valence electrons. The Bertz CT molecular complexity index is 668. The van der Waals surface area contributed by atoms with Crippen LogP contribution in [0.5, 0.6) is 0 Å². The van der Waals surface area contributed by atoms with Gasteiger partial charge in [-0.3, -0.25) is 0 Å². The predicted octanol–water partition coefficient (Wildman–Crippen LogP) is 14.5. The summed E-state index contributed by atoms with van der Waals surface area (Å²) in [5.74, 6) is -2.07. The third-order valence-corrected chi connectivity index (χ3v) is 15.6. The van der Waals surface area contributed by atoms with E-state index in [1.807, 2.05) is 0 Å². The van der Waals surface area contributed by atoms with Crippen LogP contribution in [-0.2, 0) is 9.59 Å². The summed E-state index contributed by atoms with van der Waals surface area (Å²) in [6, 6.07) is 0. The van der Waals surface area contributed by atoms with Gasteiger partial charge in [0.25, 0.3) is 0 Å². The topological polar surface area (TPSA) is 80.3 Å². The first kappa shape index (κ1) is 59.7. The van der Waals surface area contributed by atoms with E-state index in [-0.39, 0.29) is 21.1 Å². The Hall–Kier alpha value is 0.439. The van der Waals surface area contributed by atoms with E-state index in [9.17, 15) is 19.8 Å². The molecule has 0 fully saturated rings. The van der Waals surface area contributed by atoms with Gasteiger partial charge in [0.05, 0.1) is 11.9 Å². The Labute approximate surface area is 366 Å². The molecular weight excluding hydrogens is 823 g/mol. The fourth-order valence-corrected chi connectivity index (χ4v) is 10.7. The number of carbonyl (C=O) groups excluding carboxylic acids is 2. The molecule has 0 aliphatic heterocycles. The number of rotatable bonds is 42. The minimum atomic E-state index is -1.04. The number of hydrogen-bond acceptors (Lipinski definition) is 6. The van der Waals surface area contributed by atoms with Gasteiger partial charge in [-0.05, 0) is 12.8 Å². The van der Waals surface area contributed by atoms with E-state index < -0.39 is 22.4 Å². The molecule has 0 bridgehead atoms. The molecule has 0 N–H and O–H groups in total. The Kier molecular flexibility index (Phi) is 59.1. The number of aliphatic carboxylic acids is 2. The standard InChI is InChI=1S/2C16H32O2S.2C8H17.Sn/c2*1-2-3-4-5-6-7-8-9-10-11-12-13-14-15(19)16(17)18;2*1-3-5-7-8-6-4-2;/h2*15,19H,2-14H2,1H3,(H,17,18);2*1,3-8H2,2H3;/q;;;;+2/p-2. The van der Waals surface area contributed by atoms with Gasteiger partial charge in [0, 0.05) is 10.5 Å². The summed E-state index contributed by atoms with van der Waals surface area (Å²) in [4.78, 5) is 20.9. The van der Waals surface area contributed by atoms with Crippen molar-refractivity contribution in [2.75, 3.05) is 0 Å². The molecular formula is C48H96O4S2Sn. The monoisotopic (exact) mass is 921 g/mol. The van der Waals surface area contributed by atoms with Crippen molar-refractivity contribution in [3.05, 3.63) is 0 Å². The number of thiol groups is 2. The average Bonchev–Trinajstić information content (AvgIpc) is 3.17. The maximum absolute atomic E-state index is 10.4. The second-order valence-electron chi connectivity index (χ2n) is 16.3. The second kappa shape index (κ2) is 54.4. The number of unbranched alkanes of at least 4 members (excludes halogenated alkanes) is 32. The van der Waals surface area contributed by atoms with Gasteiger partial charge in [0.15, 0.2) is 0 Å². The average molecular weight is 920 g/mol. The predicted molar refractivity (Wildman–Crippen MR) is 249 cm³/mol. The molecule has 0 aromatic rings. The van der Waals surface area contributed by atoms with E-state index in [2.05, 4.69) is 53.0 Å². The van der Waals surface area contributed by atoms with Crippen molar-refractivity contribution >= 4 is 58.3 Å². The molecule has 0 radical (unpaired) electrons. The molecule has 4 nitrogen and oxygen atoms in total. The molecule has 0 rings (SSSR count). The summed E-state index contributed by atoms with van der Waals surface area (Å²) >= 11 is 8.01. The van der Waals surface area contributed by atoms with E-state index in [0.717, 1.165) is 25.7 Å². The molecule has 55 heavy (non-hydrogen) atoms. The first-order chi connectivity index (χ1) is 26.8. The van der Waals surface area contributed by atoms with Crippen molar-refractivity contribution < 1.29 is 19.8 Å². The molecule has 0 heterocycles. The molecule has 0 aliphatic carbocycles. The first-order valence-electron chi connectivity index (χ1n) is 24.3. The van der Waals surface area contributed by atoms with Crippen molar-refractivity contribution in [2.24, 2.45) is 0 Å². The van der Waals surface area contributed by atoms with Crippen molar-refractivity contribution in [3.8, 4) is 0 Å². The molecule has 0 amide bonds. The van der Waals surface area contributed by atoms with Gasteiger partial charge < -0.3 is 19.8 Å². The van der Waals surface area contributed by atoms with Gasteiger partial charge in [-0.25, -0.2) is 0 Å². The van der Waals surface area contributed by atoms with Crippen LogP contribution in [-0.4, -0.2) is 43.6 Å². The summed E-state index contributed by atoms with van der Waals surface area (Å²) in [5, 5.41) is 19.7. The van der Waals surface area contributed by atoms with Crippen LogP contribution < -0.4 is 10.2 Å². The van der Waals surface area contributed by atoms with Crippen LogP contribution in [0.15, 0.2) is 0 Å². The number of hydrogen-bond donors (Lipinski definition) is 2. The third kappa shape index (κ3) is 58.8. The molecule has 7 heteroatoms. The zero-order valence-corrected chi connectivity index (χ0v) is 42.1. The van der Waals surface area contributed by atoms with E-state index in [1.165, 1.54) is 193 Å². The summed E-state index contributed by atoms with van der Waals surface area (Å²) in [6.07, 6.45) is 50.3. The second-order valence-corrected chi connectivity index (χ2v) is 21.8. The minimum absolute atomic E-state index is 0.0736. The van der Waals surface area contributed by atoms with Crippen LogP contribution in [0.1, 0.15) is 272 Å². The summed E-state index contributed by atoms with van der Waals surface area (Å²) < 4.78 is 3.31. The van der Waals surface area contributed by atoms with E-state index in [4.69, 9.17) is 0 Å². The van der Waals surface area contributed by atoms with Gasteiger partial charge in [-0.15, -0.1) is 0 Å². The molecule has 0 saturated carbocycles. The molecule has 0 aromatic heterocycles. The quantitative estimate of drug-likeness (QED) is 0.0363. The Morgan fingerprint density at radius 2 is 0.527 bits per heavy atom. The van der Waals surface area contributed by atoms with Crippen LogP contribution in [0.2, 0.25) is 8.87 Å². The summed E-state index contributed by atoms with van der Waals surface area (Å²) in [7, 11) is 0. The zero-order valence-electron chi connectivity index (χ0n) is 37.5. The van der Waals surface area contributed by atoms with Gasteiger partial charge in [-0.2, -0.15) is 25.3 Å². The molecule has 0 aliphatic rings. The molecule has 0 aromatic carbocycles. The van der Waals surface area contributed by atoms with Crippen LogP contribution in [0, 0.1) is 0 Å². The first-order valence-corrected chi connectivity index (χ1v) is 29.3. The maximum atomic E-state index is 10.4. The van der Waals surface area contributed by atoms with Crippen LogP contribution in [0.4, 0.5) is 0 Å². The van der Waals surface area contributed by atoms with E-state index in [1.54, 1.807) is 21.7 Å². The summed E-state index contributed by atoms with van der Waals surface area (Å²) in [6.45, 7) is 9.11. The number of carbonyl (C=O) groups is 2. The van der Waals surface area contributed by atoms with Gasteiger partial charge in [-0.1, -0.05) is 168 Å². The molecule has 0 saturated heterocycles. The Morgan fingerprint density at radius 3 is 0.727 bits per heavy atom. The normalized spacial score (nSPS) is 11.9. The zero-order chi connectivity index (χ0) is 41.3. The molecule has 2 unspecified atom stereocenters. The third-order valence-electron chi connectivity index (χ3n) is 10.6. The molecule has 2 atom stereocenters.